The maximum Gasteiger partial charge on any atom is 0.338 e. The van der Waals surface area contributed by atoms with Gasteiger partial charge in [-0.3, -0.25) is 34.9 Å². The van der Waals surface area contributed by atoms with E-state index in [0.717, 1.165) is 89.7 Å². The van der Waals surface area contributed by atoms with E-state index in [9.17, 15) is 44.9 Å². The van der Waals surface area contributed by atoms with E-state index in [-0.39, 0.29) is 52.0 Å². The number of rotatable bonds is 18. The number of nitriles is 1. The number of hydrogen-bond acceptors (Lipinski definition) is 20. The van der Waals surface area contributed by atoms with Crippen LogP contribution in [0.15, 0.2) is 321 Å². The van der Waals surface area contributed by atoms with E-state index in [1.807, 2.05) is 243 Å². The summed E-state index contributed by atoms with van der Waals surface area (Å²) >= 11 is 28.9. The minimum atomic E-state index is -0.349. The van der Waals surface area contributed by atoms with Crippen molar-refractivity contribution in [3.05, 3.63) is 386 Å². The molecular formula is C104H88Br7ClFN11O10. The van der Waals surface area contributed by atoms with E-state index in [1.165, 1.54) is 12.1 Å². The molecule has 0 amide bonds. The van der Waals surface area contributed by atoms with Crippen LogP contribution in [0.3, 0.4) is 0 Å². The summed E-state index contributed by atoms with van der Waals surface area (Å²) in [6.07, 6.45) is 11.8. The smallest absolute Gasteiger partial charge is 0.338 e. The Kier molecular flexibility index (Phi) is 41.1. The molecule has 1 heterocycles. The second-order valence-electron chi connectivity index (χ2n) is 29.4. The highest BCUT2D eigenvalue weighted by Crippen LogP contribution is 2.37. The van der Waals surface area contributed by atoms with Gasteiger partial charge in [0.2, 0.25) is 0 Å². The average molecular weight is 2270 g/mol. The SMILES string of the molecule is CCOC(=O)c1ccc(N=Cc2cc(C)cc(Br)c2O)cc1.COc1ccc(N=Cc2cc(C)cc(Br)c2O)cc1.Cc1cc(Br)c(O)c(C=Nc2ccc(CC#N)cc2)c1.Cc1cc(Br)c(O)c(C=Nc2ccc(Cl)cc2)c1.Cc1cc(Br)c(O)c(C=Nc2ccc(F)cc2)c1.Cc1cc(Br)c(O)c(C=Nc2ccc3n[nH]nc3c2)c1.Cc1cc(Br)c(O)c(C=Nc2ccccc2)c1. The van der Waals surface area contributed by atoms with Gasteiger partial charge in [0.05, 0.1) is 103 Å². The summed E-state index contributed by atoms with van der Waals surface area (Å²) in [4.78, 5) is 41.7. The molecule has 14 aromatic carbocycles. The normalized spacial score (nSPS) is 11.0. The molecule has 682 valence electrons. The minimum absolute atomic E-state index is 0.145. The minimum Gasteiger partial charge on any atom is -0.506 e. The van der Waals surface area contributed by atoms with Gasteiger partial charge in [-0.1, -0.05) is 41.9 Å². The lowest BCUT2D eigenvalue weighted by Gasteiger charge is -2.04. The number of methoxy groups -OCH3 is 1. The molecule has 0 spiro atoms. The highest BCUT2D eigenvalue weighted by atomic mass is 79.9. The first-order valence-electron chi connectivity index (χ1n) is 40.6. The third kappa shape index (κ3) is 33.4. The fourth-order valence-electron chi connectivity index (χ4n) is 11.9. The molecule has 1 aromatic heterocycles. The molecule has 0 saturated carbocycles. The Morgan fingerprint density at radius 2 is 0.642 bits per heavy atom. The molecule has 0 aliphatic heterocycles. The van der Waals surface area contributed by atoms with Crippen molar-refractivity contribution in [2.45, 2.75) is 61.8 Å². The van der Waals surface area contributed by atoms with Crippen LogP contribution in [0, 0.1) is 65.6 Å². The van der Waals surface area contributed by atoms with Crippen molar-refractivity contribution in [3.63, 3.8) is 0 Å². The number of carbonyl (C=O) groups is 1. The molecule has 30 heteroatoms. The van der Waals surface area contributed by atoms with Gasteiger partial charge in [-0.25, -0.2) is 9.18 Å². The number of para-hydroxylation sites is 1. The number of H-pyrrole nitrogens is 1. The van der Waals surface area contributed by atoms with Gasteiger partial charge in [0.25, 0.3) is 0 Å². The van der Waals surface area contributed by atoms with Gasteiger partial charge in [-0.05, 0) is 436 Å². The summed E-state index contributed by atoms with van der Waals surface area (Å²) < 4.78 is 27.3. The average Bonchev–Trinajstić information content (AvgIpc) is 1.03. The van der Waals surface area contributed by atoms with E-state index >= 15 is 0 Å². The molecule has 0 unspecified atom stereocenters. The molecule has 0 atom stereocenters. The number of benzene rings is 14. The third-order valence-electron chi connectivity index (χ3n) is 18.5. The van der Waals surface area contributed by atoms with Crippen molar-refractivity contribution < 1.29 is 54.4 Å². The van der Waals surface area contributed by atoms with E-state index in [2.05, 4.69) is 168 Å². The number of phenolic OH excluding ortho intramolecular Hbond substituents is 7. The lowest BCUT2D eigenvalue weighted by molar-refractivity contribution is 0.0526. The van der Waals surface area contributed by atoms with Crippen LogP contribution in [0.2, 0.25) is 5.02 Å². The van der Waals surface area contributed by atoms with E-state index in [1.54, 1.807) is 106 Å². The topological polar surface area (TPSA) is 329 Å². The number of hydrogen-bond donors (Lipinski definition) is 8. The number of carbonyl (C=O) groups excluding carboxylic acids is 1. The monoisotopic (exact) mass is 2260 g/mol. The highest BCUT2D eigenvalue weighted by Gasteiger charge is 2.14. The summed E-state index contributed by atoms with van der Waals surface area (Å²) in [5.74, 6) is 1.41. The fraction of sp³-hybridized carbons (Fsp3) is 0.106. The Balaban J connectivity index is 0.000000176. The third-order valence-corrected chi connectivity index (χ3v) is 23.0. The lowest BCUT2D eigenvalue weighted by atomic mass is 10.1. The molecule has 0 fully saturated rings. The number of nitrogens with zero attached hydrogens (tertiary/aromatic N) is 10. The number of aromatic amines is 1. The molecular weight excluding hydrogens is 2180 g/mol. The van der Waals surface area contributed by atoms with Gasteiger partial charge in [0.1, 0.15) is 62.8 Å². The van der Waals surface area contributed by atoms with Crippen molar-refractivity contribution in [1.29, 1.82) is 5.26 Å². The Morgan fingerprint density at radius 1 is 0.373 bits per heavy atom. The Hall–Kier alpha value is -12.9. The molecule has 0 aliphatic carbocycles. The predicted molar refractivity (Wildman–Crippen MR) is 564 cm³/mol. The Morgan fingerprint density at radius 3 is 0.948 bits per heavy atom. The zero-order valence-corrected chi connectivity index (χ0v) is 85.3. The van der Waals surface area contributed by atoms with E-state index < -0.39 is 0 Å². The molecule has 0 radical (unpaired) electrons. The molecule has 0 saturated heterocycles. The van der Waals surface area contributed by atoms with Crippen LogP contribution in [0.5, 0.6) is 46.0 Å². The van der Waals surface area contributed by atoms with Crippen LogP contribution < -0.4 is 4.74 Å². The summed E-state index contributed by atoms with van der Waals surface area (Å²) in [6.45, 7) is 15.8. The second kappa shape index (κ2) is 52.5. The second-order valence-corrected chi connectivity index (χ2v) is 35.8. The summed E-state index contributed by atoms with van der Waals surface area (Å²) in [5, 5.41) is 89.3. The van der Waals surface area contributed by atoms with Gasteiger partial charge < -0.3 is 45.2 Å². The van der Waals surface area contributed by atoms with Crippen LogP contribution in [0.4, 0.5) is 44.2 Å². The summed E-state index contributed by atoms with van der Waals surface area (Å²) in [5.41, 5.74) is 20.3. The molecule has 134 heavy (non-hydrogen) atoms. The quantitative estimate of drug-likeness (QED) is 0.0293. The van der Waals surface area contributed by atoms with Crippen molar-refractivity contribution in [2.75, 3.05) is 13.7 Å². The largest absolute Gasteiger partial charge is 0.506 e. The van der Waals surface area contributed by atoms with Crippen LogP contribution in [0.25, 0.3) is 11.0 Å². The van der Waals surface area contributed by atoms with Gasteiger partial charge >= 0.3 is 5.97 Å². The Labute approximate surface area is 839 Å². The van der Waals surface area contributed by atoms with Crippen LogP contribution in [-0.4, -0.2) is 114 Å². The van der Waals surface area contributed by atoms with Crippen molar-refractivity contribution in [2.24, 2.45) is 34.9 Å². The Bertz CT molecular complexity index is 6740. The number of aryl methyl sites for hydroxylation is 7. The number of esters is 1. The number of aromatic nitrogens is 3. The first-order valence-corrected chi connectivity index (χ1v) is 46.5. The van der Waals surface area contributed by atoms with Crippen molar-refractivity contribution in [1.82, 2.24) is 15.4 Å². The van der Waals surface area contributed by atoms with Gasteiger partial charge in [-0.15, -0.1) is 0 Å². The van der Waals surface area contributed by atoms with Crippen molar-refractivity contribution in [3.8, 4) is 52.1 Å². The number of aliphatic imine (C=N–C) groups is 7. The fourth-order valence-corrected chi connectivity index (χ4v) is 16.1. The molecule has 15 rings (SSSR count). The van der Waals surface area contributed by atoms with E-state index in [4.69, 9.17) is 26.3 Å². The standard InChI is InChI=1S/C17H16BrNO3.C16H13BrN2O.C15H14BrNO2.C14H11BrClNO.C14H11BrFNO.C14H11BrN4O.C14H12BrNO/c1-3-22-17(21)12-4-6-14(7-5-12)19-10-13-8-11(2)9-15(18)16(13)20;1-11-8-13(16(20)15(17)9-11)10-19-14-4-2-12(3-5-14)6-7-18;1-10-7-11(15(18)14(16)8-10)9-17-12-3-5-13(19-2)6-4-12;2*1-9-6-10(14(18)13(15)7-9)8-17-12-4-2-11(16)3-5-12;1-8-4-9(14(20)11(15)5-8)7-16-10-2-3-12-13(6-10)18-19-17-12;1-10-7-11(14(17)13(15)8-10)9-16-12-5-3-2-4-6-12/h4-10,20H,3H2,1-2H3;2-5,8-10,20H,6H2,1H3;3-9,18H,1-2H3;2*2-8,18H,1H3;2-7,20H,1H3,(H,17,18,19);2-9,17H,1H3. The lowest BCUT2D eigenvalue weighted by Crippen LogP contribution is -2.03. The van der Waals surface area contributed by atoms with E-state index in [0.29, 0.717) is 105 Å². The molecule has 0 aliphatic rings. The first-order chi connectivity index (χ1) is 64.1. The number of ether oxygens (including phenoxy) is 2. The summed E-state index contributed by atoms with van der Waals surface area (Å²) in [6, 6.07) is 78.0. The number of nitrogens with one attached hydrogen (secondary N) is 1. The molecule has 21 nitrogen and oxygen atoms in total. The van der Waals surface area contributed by atoms with Crippen LogP contribution >= 0.6 is 123 Å². The summed E-state index contributed by atoms with van der Waals surface area (Å²) in [7, 11) is 1.63. The van der Waals surface area contributed by atoms with Gasteiger partial charge in [0.15, 0.2) is 0 Å². The first kappa shape index (κ1) is 105. The number of fused-ring (bicyclic) bond motifs is 1. The number of phenols is 7. The number of halogens is 9. The number of aromatic hydroxyl groups is 7. The maximum atomic E-state index is 12.7. The van der Waals surface area contributed by atoms with Crippen LogP contribution in [0.1, 0.15) is 101 Å². The molecule has 8 N–H and O–H groups in total. The molecule has 15 aromatic rings. The zero-order chi connectivity index (χ0) is 97.1. The predicted octanol–water partition coefficient (Wildman–Crippen LogP) is 29.8. The van der Waals surface area contributed by atoms with Gasteiger partial charge in [-0.2, -0.15) is 20.7 Å². The molecule has 0 bridgehead atoms. The highest BCUT2D eigenvalue weighted by molar-refractivity contribution is 9.11. The van der Waals surface area contributed by atoms with Crippen molar-refractivity contribution >= 4 is 223 Å². The van der Waals surface area contributed by atoms with Gasteiger partial charge in [0, 0.05) is 87.5 Å². The zero-order valence-electron chi connectivity index (χ0n) is 73.4. The maximum absolute atomic E-state index is 12.7. The van der Waals surface area contributed by atoms with Crippen LogP contribution in [-0.2, 0) is 11.2 Å².